The van der Waals surface area contributed by atoms with E-state index in [-0.39, 0.29) is 23.0 Å². The number of carbonyl (C=O) groups excluding carboxylic acids is 1. The molecule has 9 nitrogen and oxygen atoms in total. The second kappa shape index (κ2) is 7.02. The lowest BCUT2D eigenvalue weighted by molar-refractivity contribution is 0.0945. The van der Waals surface area contributed by atoms with E-state index in [0.717, 1.165) is 11.4 Å². The summed E-state index contributed by atoms with van der Waals surface area (Å²) < 4.78 is 24.2. The Morgan fingerprint density at radius 3 is 2.42 bits per heavy atom. The molecule has 10 heteroatoms. The van der Waals surface area contributed by atoms with Gasteiger partial charge in [0.15, 0.2) is 11.5 Å². The van der Waals surface area contributed by atoms with Gasteiger partial charge in [-0.05, 0) is 36.8 Å². The van der Waals surface area contributed by atoms with Gasteiger partial charge in [-0.2, -0.15) is 0 Å². The third-order valence-electron chi connectivity index (χ3n) is 3.66. The largest absolute Gasteiger partial charge is 0.347 e. The van der Waals surface area contributed by atoms with Gasteiger partial charge in [0.25, 0.3) is 5.91 Å². The quantitative estimate of drug-likeness (QED) is 0.672. The van der Waals surface area contributed by atoms with Crippen LogP contribution in [0.3, 0.4) is 0 Å². The number of hydrogen-bond acceptors (Lipinski definition) is 6. The standard InChI is InChI=1S/C16H16N6O3S/c1-11-18-8-9-22(11)15-7-6-14(20-21-15)16(23)19-10-12-2-4-13(5-3-12)26(17,24)25/h2-9H,10H2,1H3,(H,19,23)(H2,17,24,25). The summed E-state index contributed by atoms with van der Waals surface area (Å²) in [5.74, 6) is 0.941. The van der Waals surface area contributed by atoms with E-state index in [4.69, 9.17) is 5.14 Å². The van der Waals surface area contributed by atoms with Crippen molar-refractivity contribution < 1.29 is 13.2 Å². The van der Waals surface area contributed by atoms with Crippen LogP contribution in [0.2, 0.25) is 0 Å². The summed E-state index contributed by atoms with van der Waals surface area (Å²) in [5.41, 5.74) is 0.900. The first-order valence-electron chi connectivity index (χ1n) is 7.58. The van der Waals surface area contributed by atoms with Gasteiger partial charge in [0, 0.05) is 18.9 Å². The number of aromatic nitrogens is 4. The van der Waals surface area contributed by atoms with E-state index in [2.05, 4.69) is 20.5 Å². The fourth-order valence-corrected chi connectivity index (χ4v) is 2.78. The van der Waals surface area contributed by atoms with Gasteiger partial charge in [0.1, 0.15) is 5.82 Å². The van der Waals surface area contributed by atoms with Gasteiger partial charge >= 0.3 is 0 Å². The SMILES string of the molecule is Cc1nccn1-c1ccc(C(=O)NCc2ccc(S(N)(=O)=O)cc2)nn1. The van der Waals surface area contributed by atoms with Crippen molar-refractivity contribution in [2.24, 2.45) is 5.14 Å². The molecule has 134 valence electrons. The van der Waals surface area contributed by atoms with Crippen LogP contribution in [-0.2, 0) is 16.6 Å². The lowest BCUT2D eigenvalue weighted by atomic mass is 10.2. The van der Waals surface area contributed by atoms with Crippen LogP contribution in [0.5, 0.6) is 0 Å². The summed E-state index contributed by atoms with van der Waals surface area (Å²) in [4.78, 5) is 16.3. The minimum atomic E-state index is -3.73. The molecule has 0 aliphatic rings. The maximum absolute atomic E-state index is 12.2. The number of rotatable bonds is 5. The molecule has 26 heavy (non-hydrogen) atoms. The van der Waals surface area contributed by atoms with Crippen LogP contribution >= 0.6 is 0 Å². The Morgan fingerprint density at radius 2 is 1.88 bits per heavy atom. The molecule has 1 amide bonds. The summed E-state index contributed by atoms with van der Waals surface area (Å²) >= 11 is 0. The Balaban J connectivity index is 1.64. The van der Waals surface area contributed by atoms with Gasteiger partial charge < -0.3 is 5.32 Å². The molecule has 1 aromatic carbocycles. The van der Waals surface area contributed by atoms with E-state index >= 15 is 0 Å². The minimum Gasteiger partial charge on any atom is -0.347 e. The molecule has 2 heterocycles. The van der Waals surface area contributed by atoms with Gasteiger partial charge in [0.2, 0.25) is 10.0 Å². The molecule has 0 aliphatic carbocycles. The van der Waals surface area contributed by atoms with Crippen molar-refractivity contribution >= 4 is 15.9 Å². The van der Waals surface area contributed by atoms with Crippen LogP contribution in [0, 0.1) is 6.92 Å². The number of benzene rings is 1. The van der Waals surface area contributed by atoms with Gasteiger partial charge in [0.05, 0.1) is 4.90 Å². The molecular formula is C16H16N6O3S. The van der Waals surface area contributed by atoms with E-state index in [0.29, 0.717) is 5.82 Å². The zero-order chi connectivity index (χ0) is 18.7. The van der Waals surface area contributed by atoms with Crippen molar-refractivity contribution in [3.8, 4) is 5.82 Å². The van der Waals surface area contributed by atoms with E-state index in [1.54, 1.807) is 41.2 Å². The van der Waals surface area contributed by atoms with Crippen molar-refractivity contribution in [1.29, 1.82) is 0 Å². The monoisotopic (exact) mass is 372 g/mol. The number of amides is 1. The Hall–Kier alpha value is -3.11. The number of hydrogen-bond donors (Lipinski definition) is 2. The van der Waals surface area contributed by atoms with Crippen molar-refractivity contribution in [2.75, 3.05) is 0 Å². The second-order valence-corrected chi connectivity index (χ2v) is 7.05. The Bertz CT molecular complexity index is 1030. The fourth-order valence-electron chi connectivity index (χ4n) is 2.26. The lowest BCUT2D eigenvalue weighted by Gasteiger charge is -2.07. The zero-order valence-electron chi connectivity index (χ0n) is 13.8. The van der Waals surface area contributed by atoms with Crippen molar-refractivity contribution in [3.05, 3.63) is 65.9 Å². The predicted octanol–water partition coefficient (Wildman–Crippen LogP) is 0.548. The first kappa shape index (κ1) is 17.7. The molecule has 0 fully saturated rings. The van der Waals surface area contributed by atoms with Crippen molar-refractivity contribution in [2.45, 2.75) is 18.4 Å². The normalized spacial score (nSPS) is 11.3. The van der Waals surface area contributed by atoms with Gasteiger partial charge in [-0.15, -0.1) is 10.2 Å². The first-order chi connectivity index (χ1) is 12.3. The first-order valence-corrected chi connectivity index (χ1v) is 9.13. The number of nitrogens with one attached hydrogen (secondary N) is 1. The number of primary sulfonamides is 1. The van der Waals surface area contributed by atoms with E-state index in [1.807, 2.05) is 6.92 Å². The highest BCUT2D eigenvalue weighted by Gasteiger charge is 2.10. The number of nitrogens with zero attached hydrogens (tertiary/aromatic N) is 4. The molecule has 0 saturated heterocycles. The molecule has 0 spiro atoms. The summed E-state index contributed by atoms with van der Waals surface area (Å²) in [6, 6.07) is 9.18. The molecule has 0 radical (unpaired) electrons. The molecular weight excluding hydrogens is 356 g/mol. The number of aryl methyl sites for hydroxylation is 1. The average molecular weight is 372 g/mol. The molecule has 0 unspecified atom stereocenters. The maximum atomic E-state index is 12.2. The summed E-state index contributed by atoms with van der Waals surface area (Å²) in [6.45, 7) is 2.05. The number of imidazole rings is 1. The third-order valence-corrected chi connectivity index (χ3v) is 4.59. The summed E-state index contributed by atoms with van der Waals surface area (Å²) in [5, 5.41) is 15.7. The van der Waals surface area contributed by atoms with Crippen LogP contribution in [0.4, 0.5) is 0 Å². The predicted molar refractivity (Wildman–Crippen MR) is 92.9 cm³/mol. The number of nitrogens with two attached hydrogens (primary N) is 1. The van der Waals surface area contributed by atoms with E-state index < -0.39 is 10.0 Å². The topological polar surface area (TPSA) is 133 Å². The molecule has 2 aromatic heterocycles. The summed E-state index contributed by atoms with van der Waals surface area (Å²) in [7, 11) is -3.73. The molecule has 0 saturated carbocycles. The second-order valence-electron chi connectivity index (χ2n) is 5.49. The zero-order valence-corrected chi connectivity index (χ0v) is 14.6. The van der Waals surface area contributed by atoms with Gasteiger partial charge in [-0.3, -0.25) is 9.36 Å². The maximum Gasteiger partial charge on any atom is 0.272 e. The minimum absolute atomic E-state index is 0.0174. The van der Waals surface area contributed by atoms with E-state index in [1.165, 1.54) is 12.1 Å². The van der Waals surface area contributed by atoms with Crippen molar-refractivity contribution in [1.82, 2.24) is 25.1 Å². The van der Waals surface area contributed by atoms with Gasteiger partial charge in [-0.25, -0.2) is 18.5 Å². The molecule has 3 rings (SSSR count). The fraction of sp³-hybridized carbons (Fsp3) is 0.125. The molecule has 0 bridgehead atoms. The molecule has 3 N–H and O–H groups in total. The summed E-state index contributed by atoms with van der Waals surface area (Å²) in [6.07, 6.45) is 3.41. The molecule has 3 aromatic rings. The van der Waals surface area contributed by atoms with Gasteiger partial charge in [-0.1, -0.05) is 12.1 Å². The molecule has 0 atom stereocenters. The van der Waals surface area contributed by atoms with Crippen LogP contribution in [-0.4, -0.2) is 34.1 Å². The molecule has 0 aliphatic heterocycles. The van der Waals surface area contributed by atoms with Crippen LogP contribution in [0.1, 0.15) is 21.9 Å². The highest BCUT2D eigenvalue weighted by molar-refractivity contribution is 7.89. The Labute approximate surface area is 149 Å². The Kier molecular flexibility index (Phi) is 4.78. The Morgan fingerprint density at radius 1 is 1.15 bits per heavy atom. The van der Waals surface area contributed by atoms with Crippen LogP contribution in [0.25, 0.3) is 5.82 Å². The van der Waals surface area contributed by atoms with Crippen molar-refractivity contribution in [3.63, 3.8) is 0 Å². The number of carbonyl (C=O) groups is 1. The lowest BCUT2D eigenvalue weighted by Crippen LogP contribution is -2.24. The van der Waals surface area contributed by atoms with Crippen LogP contribution < -0.4 is 10.5 Å². The smallest absolute Gasteiger partial charge is 0.272 e. The van der Waals surface area contributed by atoms with Crippen LogP contribution in [0.15, 0.2) is 53.7 Å². The highest BCUT2D eigenvalue weighted by Crippen LogP contribution is 2.09. The number of sulfonamides is 1. The highest BCUT2D eigenvalue weighted by atomic mass is 32.2. The van der Waals surface area contributed by atoms with E-state index in [9.17, 15) is 13.2 Å². The third kappa shape index (κ3) is 3.92. The average Bonchev–Trinajstić information content (AvgIpc) is 3.05.